The molecule has 0 aromatic rings. The third-order valence-electron chi connectivity index (χ3n) is 1.78. The Bertz CT molecular complexity index is 381. The van der Waals surface area contributed by atoms with Crippen LogP contribution in [0.25, 0.3) is 0 Å². The molecule has 0 spiro atoms. The van der Waals surface area contributed by atoms with Crippen molar-refractivity contribution in [3.05, 3.63) is 11.8 Å². The van der Waals surface area contributed by atoms with E-state index in [9.17, 15) is 4.57 Å². The summed E-state index contributed by atoms with van der Waals surface area (Å²) in [5.74, 6) is 0. The molecule has 0 saturated heterocycles. The smallest absolute Gasteiger partial charge is 0.411 e. The van der Waals surface area contributed by atoms with E-state index in [1.54, 1.807) is 6.92 Å². The summed E-state index contributed by atoms with van der Waals surface area (Å²) in [5.41, 5.74) is 1.55. The Balaban J connectivity index is 2.44. The zero-order valence-corrected chi connectivity index (χ0v) is 8.89. The molecule has 1 rings (SSSR count). The summed E-state index contributed by atoms with van der Waals surface area (Å²) in [6.07, 6.45) is 1.82. The molecule has 1 aliphatic rings. The molecule has 0 aromatic carbocycles. The van der Waals surface area contributed by atoms with Crippen molar-refractivity contribution in [3.8, 4) is 0 Å². The summed E-state index contributed by atoms with van der Waals surface area (Å²) in [5, 5.41) is 11.4. The van der Waals surface area contributed by atoms with Crippen LogP contribution in [0.3, 0.4) is 0 Å². The van der Waals surface area contributed by atoms with Gasteiger partial charge < -0.3 is 15.0 Å². The Hall–Kier alpha value is -1.01. The summed E-state index contributed by atoms with van der Waals surface area (Å²) >= 11 is 0. The van der Waals surface area contributed by atoms with Crippen LogP contribution in [-0.4, -0.2) is 33.0 Å². The molecule has 0 amide bonds. The number of rotatable bonds is 4. The molecule has 0 fully saturated rings. The summed E-state index contributed by atoms with van der Waals surface area (Å²) in [4.78, 5) is 20.8. The van der Waals surface area contributed by atoms with Crippen LogP contribution in [-0.2, 0) is 9.09 Å². The molecule has 0 aliphatic carbocycles. The van der Waals surface area contributed by atoms with Crippen molar-refractivity contribution in [2.75, 3.05) is 6.61 Å². The monoisotopic (exact) mass is 234 g/mol. The van der Waals surface area contributed by atoms with Crippen LogP contribution < -0.4 is 0 Å². The van der Waals surface area contributed by atoms with Crippen LogP contribution in [0.2, 0.25) is 0 Å². The van der Waals surface area contributed by atoms with Gasteiger partial charge in [0.1, 0.15) is 0 Å². The van der Waals surface area contributed by atoms with Crippen LogP contribution in [0.1, 0.15) is 13.3 Å². The zero-order valence-electron chi connectivity index (χ0n) is 7.99. The first-order valence-electron chi connectivity index (χ1n) is 4.06. The number of hydrogen-bond acceptors (Lipinski definition) is 5. The minimum Gasteiger partial charge on any atom is -0.411 e. The lowest BCUT2D eigenvalue weighted by Crippen LogP contribution is -2.09. The van der Waals surface area contributed by atoms with Gasteiger partial charge in [0, 0.05) is 12.6 Å². The fourth-order valence-electron chi connectivity index (χ4n) is 1.01. The molecule has 3 N–H and O–H groups in total. The maximum absolute atomic E-state index is 10.4. The van der Waals surface area contributed by atoms with Gasteiger partial charge in [-0.2, -0.15) is 0 Å². The van der Waals surface area contributed by atoms with E-state index in [4.69, 9.17) is 15.0 Å². The zero-order chi connectivity index (χ0) is 11.5. The molecule has 15 heavy (non-hydrogen) atoms. The number of aliphatic imine (C=N–C) groups is 1. The molecule has 0 aromatic heterocycles. The second kappa shape index (κ2) is 4.67. The minimum atomic E-state index is -4.44. The highest BCUT2D eigenvalue weighted by Crippen LogP contribution is 2.36. The van der Waals surface area contributed by atoms with Crippen molar-refractivity contribution in [2.24, 2.45) is 10.1 Å². The molecule has 84 valence electrons. The predicted molar refractivity (Wildman–Crippen MR) is 53.0 cm³/mol. The highest BCUT2D eigenvalue weighted by molar-refractivity contribution is 7.46. The van der Waals surface area contributed by atoms with E-state index in [2.05, 4.69) is 14.7 Å². The van der Waals surface area contributed by atoms with Gasteiger partial charge in [0.05, 0.1) is 18.0 Å². The topological polar surface area (TPSA) is 112 Å². The first-order chi connectivity index (χ1) is 6.92. The maximum atomic E-state index is 10.4. The Morgan fingerprint density at radius 2 is 2.40 bits per heavy atom. The molecule has 1 heterocycles. The highest BCUT2D eigenvalue weighted by Gasteiger charge is 2.18. The van der Waals surface area contributed by atoms with Gasteiger partial charge in [0.2, 0.25) is 0 Å². The molecule has 0 unspecified atom stereocenters. The average Bonchev–Trinajstić information content (AvgIpc) is 2.61. The maximum Gasteiger partial charge on any atom is 0.469 e. The van der Waals surface area contributed by atoms with Gasteiger partial charge in [0.15, 0.2) is 0 Å². The van der Waals surface area contributed by atoms with E-state index >= 15 is 0 Å². The van der Waals surface area contributed by atoms with Crippen molar-refractivity contribution in [3.63, 3.8) is 0 Å². The van der Waals surface area contributed by atoms with Crippen molar-refractivity contribution < 1.29 is 24.1 Å². The fraction of sp³-hybridized carbons (Fsp3) is 0.429. The van der Waals surface area contributed by atoms with E-state index in [0.29, 0.717) is 23.4 Å². The number of nitrogens with zero attached hydrogens (tertiary/aromatic N) is 2. The number of oxime groups is 1. The van der Waals surface area contributed by atoms with E-state index in [0.717, 1.165) is 0 Å². The third-order valence-corrected chi connectivity index (χ3v) is 2.25. The average molecular weight is 234 g/mol. The predicted octanol–water partition coefficient (Wildman–Crippen LogP) is 0.674. The van der Waals surface area contributed by atoms with E-state index in [1.807, 2.05) is 0 Å². The van der Waals surface area contributed by atoms with Crippen molar-refractivity contribution in [1.82, 2.24) is 0 Å². The summed E-state index contributed by atoms with van der Waals surface area (Å²) in [6.45, 7) is 1.40. The molecule has 0 saturated carbocycles. The van der Waals surface area contributed by atoms with Gasteiger partial charge in [-0.3, -0.25) is 9.52 Å². The number of phosphoric ester groups is 1. The molecule has 0 atom stereocenters. The molecule has 0 bridgehead atoms. The normalized spacial score (nSPS) is 17.7. The Labute approximate surface area is 86.0 Å². The van der Waals surface area contributed by atoms with Gasteiger partial charge in [-0.15, -0.1) is 0 Å². The molecule has 0 radical (unpaired) electrons. The first kappa shape index (κ1) is 12.1. The molecule has 1 aliphatic heterocycles. The van der Waals surface area contributed by atoms with Gasteiger partial charge in [-0.1, -0.05) is 5.16 Å². The summed E-state index contributed by atoms with van der Waals surface area (Å²) < 4.78 is 14.7. The second-order valence-corrected chi connectivity index (χ2v) is 4.23. The number of hydrogen-bond donors (Lipinski definition) is 3. The fourth-order valence-corrected chi connectivity index (χ4v) is 1.34. The van der Waals surface area contributed by atoms with Crippen LogP contribution >= 0.6 is 7.82 Å². The SMILES string of the molecule is C/C(=N/O)C1=NC=C(COP(=O)(O)O)C1. The first-order valence-corrected chi connectivity index (χ1v) is 5.59. The second-order valence-electron chi connectivity index (χ2n) is 2.99. The van der Waals surface area contributed by atoms with Crippen molar-refractivity contribution in [2.45, 2.75) is 13.3 Å². The van der Waals surface area contributed by atoms with Gasteiger partial charge in [-0.05, 0) is 12.5 Å². The Morgan fingerprint density at radius 3 is 2.93 bits per heavy atom. The molecule has 8 heteroatoms. The summed E-state index contributed by atoms with van der Waals surface area (Å²) in [7, 11) is -4.44. The quantitative estimate of drug-likeness (QED) is 0.286. The van der Waals surface area contributed by atoms with Gasteiger partial charge in [-0.25, -0.2) is 4.57 Å². The van der Waals surface area contributed by atoms with Crippen molar-refractivity contribution in [1.29, 1.82) is 0 Å². The molecular formula is C7H11N2O5P. The molecule has 7 nitrogen and oxygen atoms in total. The van der Waals surface area contributed by atoms with E-state index < -0.39 is 7.82 Å². The number of phosphoric acid groups is 1. The van der Waals surface area contributed by atoms with Crippen LogP contribution in [0, 0.1) is 0 Å². The Morgan fingerprint density at radius 1 is 1.73 bits per heavy atom. The van der Waals surface area contributed by atoms with Crippen LogP contribution in [0.5, 0.6) is 0 Å². The van der Waals surface area contributed by atoms with Crippen molar-refractivity contribution >= 4 is 19.2 Å². The lowest BCUT2D eigenvalue weighted by molar-refractivity contribution is 0.211. The van der Waals surface area contributed by atoms with Gasteiger partial charge >= 0.3 is 7.82 Å². The summed E-state index contributed by atoms with van der Waals surface area (Å²) in [6, 6.07) is 0. The van der Waals surface area contributed by atoms with Crippen LogP contribution in [0.15, 0.2) is 21.9 Å². The largest absolute Gasteiger partial charge is 0.469 e. The van der Waals surface area contributed by atoms with E-state index in [-0.39, 0.29) is 6.61 Å². The minimum absolute atomic E-state index is 0.185. The Kier molecular flexibility index (Phi) is 3.76. The standard InChI is InChI=1S/C7H11N2O5P/c1-5(9-10)7-2-6(3-8-7)4-14-15(11,12)13/h3,10H,2,4H2,1H3,(H2,11,12,13)/b9-5-. The van der Waals surface area contributed by atoms with Gasteiger partial charge in [0.25, 0.3) is 0 Å². The lowest BCUT2D eigenvalue weighted by Gasteiger charge is -2.05. The molecular weight excluding hydrogens is 223 g/mol. The van der Waals surface area contributed by atoms with E-state index in [1.165, 1.54) is 6.20 Å². The van der Waals surface area contributed by atoms with Crippen LogP contribution in [0.4, 0.5) is 0 Å². The lowest BCUT2D eigenvalue weighted by atomic mass is 10.1. The highest BCUT2D eigenvalue weighted by atomic mass is 31.2. The third kappa shape index (κ3) is 3.93.